The number of aryl methyl sites for hydroxylation is 1. The average molecular weight is 389 g/mol. The zero-order valence-electron chi connectivity index (χ0n) is 13.4. The Hall–Kier alpha value is -3.11. The van der Waals surface area contributed by atoms with Crippen molar-refractivity contribution in [3.05, 3.63) is 52.8 Å². The molecule has 142 valence electrons. The van der Waals surface area contributed by atoms with Gasteiger partial charge in [-0.25, -0.2) is 14.3 Å². The molecule has 0 radical (unpaired) electrons. The number of nitrogens with zero attached hydrogens (tertiary/aromatic N) is 3. The molecule has 0 fully saturated rings. The zero-order valence-corrected chi connectivity index (χ0v) is 13.4. The Balaban J connectivity index is 2.27. The van der Waals surface area contributed by atoms with E-state index in [1.165, 1.54) is 0 Å². The van der Waals surface area contributed by atoms with E-state index in [-0.39, 0.29) is 16.8 Å². The molecule has 0 atom stereocenters. The highest BCUT2D eigenvalue weighted by molar-refractivity contribution is 5.94. The van der Waals surface area contributed by atoms with Gasteiger partial charge in [0.25, 0.3) is 0 Å². The summed E-state index contributed by atoms with van der Waals surface area (Å²) < 4.78 is 79.0. The number of hydrogen-bond acceptors (Lipinski definition) is 3. The molecule has 27 heavy (non-hydrogen) atoms. The molecule has 0 spiro atoms. The van der Waals surface area contributed by atoms with Crippen molar-refractivity contribution >= 4 is 11.6 Å². The Labute approximate surface area is 146 Å². The summed E-state index contributed by atoms with van der Waals surface area (Å²) in [6, 6.07) is 3.36. The lowest BCUT2D eigenvalue weighted by atomic mass is 10.0. The van der Waals surface area contributed by atoms with Crippen molar-refractivity contribution < 1.29 is 36.2 Å². The summed E-state index contributed by atoms with van der Waals surface area (Å²) in [7, 11) is 0. The van der Waals surface area contributed by atoms with Crippen LogP contribution in [0.4, 0.5) is 26.3 Å². The molecule has 0 saturated carbocycles. The fraction of sp³-hybridized carbons (Fsp3) is 0.188. The topological polar surface area (TPSA) is 67.5 Å². The number of benzene rings is 1. The fourth-order valence-corrected chi connectivity index (χ4v) is 2.60. The zero-order chi connectivity index (χ0) is 20.1. The van der Waals surface area contributed by atoms with Gasteiger partial charge in [-0.15, -0.1) is 0 Å². The maximum Gasteiger partial charge on any atom is 0.433 e. The van der Waals surface area contributed by atoms with E-state index in [9.17, 15) is 31.1 Å². The summed E-state index contributed by atoms with van der Waals surface area (Å²) in [6.45, 7) is 1.16. The second-order valence-corrected chi connectivity index (χ2v) is 5.65. The lowest BCUT2D eigenvalue weighted by Crippen LogP contribution is -2.14. The van der Waals surface area contributed by atoms with Crippen LogP contribution < -0.4 is 0 Å². The Kier molecular flexibility index (Phi) is 4.12. The van der Waals surface area contributed by atoms with Crippen LogP contribution in [0, 0.1) is 6.92 Å². The molecule has 0 saturated heterocycles. The summed E-state index contributed by atoms with van der Waals surface area (Å²) in [5, 5.41) is 12.5. The van der Waals surface area contributed by atoms with Crippen LogP contribution in [-0.4, -0.2) is 25.7 Å². The minimum Gasteiger partial charge on any atom is -0.477 e. The predicted octanol–water partition coefficient (Wildman–Crippen LogP) is 4.44. The molecule has 1 aromatic carbocycles. The van der Waals surface area contributed by atoms with Gasteiger partial charge in [0.05, 0.1) is 17.5 Å². The minimum absolute atomic E-state index is 0.0222. The van der Waals surface area contributed by atoms with E-state index in [0.717, 1.165) is 31.3 Å². The summed E-state index contributed by atoms with van der Waals surface area (Å²) in [5.74, 6) is -1.54. The molecule has 2 heterocycles. The van der Waals surface area contributed by atoms with Crippen LogP contribution in [0.15, 0.2) is 30.5 Å². The number of alkyl halides is 6. The second kappa shape index (κ2) is 5.96. The number of carbonyl (C=O) groups is 1. The lowest BCUT2D eigenvalue weighted by Gasteiger charge is -2.13. The average Bonchev–Trinajstić information content (AvgIpc) is 2.95. The van der Waals surface area contributed by atoms with Gasteiger partial charge in [0.1, 0.15) is 5.56 Å². The molecular weight excluding hydrogens is 380 g/mol. The number of carboxylic acids is 1. The number of rotatable bonds is 2. The van der Waals surface area contributed by atoms with Gasteiger partial charge >= 0.3 is 18.3 Å². The molecule has 3 aromatic rings. The first-order chi connectivity index (χ1) is 12.4. The summed E-state index contributed by atoms with van der Waals surface area (Å²) in [4.78, 5) is 15.1. The third kappa shape index (κ3) is 3.32. The standard InChI is InChI=1S/C16H9F6N3O2/c1-7-4-8(2-3-10(7)15(17,18)19)11-5-12(16(20,21)22)25-13(24-11)9(6-23-25)14(26)27/h2-6H,1H3,(H,26,27). The Morgan fingerprint density at radius 3 is 2.26 bits per heavy atom. The number of fused-ring (bicyclic) bond motifs is 1. The van der Waals surface area contributed by atoms with Gasteiger partial charge in [-0.2, -0.15) is 31.4 Å². The highest BCUT2D eigenvalue weighted by Gasteiger charge is 2.36. The second-order valence-electron chi connectivity index (χ2n) is 5.65. The number of hydrogen-bond donors (Lipinski definition) is 1. The summed E-state index contributed by atoms with van der Waals surface area (Å²) >= 11 is 0. The van der Waals surface area contributed by atoms with Gasteiger partial charge in [0, 0.05) is 5.56 Å². The molecule has 3 rings (SSSR count). The molecule has 0 aliphatic heterocycles. The van der Waals surface area contributed by atoms with Crippen molar-refractivity contribution in [1.82, 2.24) is 14.6 Å². The SMILES string of the molecule is Cc1cc(-c2cc(C(F)(F)F)n3ncc(C(=O)O)c3n2)ccc1C(F)(F)F. The van der Waals surface area contributed by atoms with Crippen molar-refractivity contribution in [3.63, 3.8) is 0 Å². The molecule has 0 unspecified atom stereocenters. The molecule has 0 amide bonds. The van der Waals surface area contributed by atoms with E-state index in [1.807, 2.05) is 0 Å². The highest BCUT2D eigenvalue weighted by Crippen LogP contribution is 2.36. The first-order valence-corrected chi connectivity index (χ1v) is 7.27. The third-order valence-electron chi connectivity index (χ3n) is 3.82. The number of aromatic carboxylic acids is 1. The van der Waals surface area contributed by atoms with Crippen LogP contribution in [0.2, 0.25) is 0 Å². The van der Waals surface area contributed by atoms with Crippen molar-refractivity contribution in [2.24, 2.45) is 0 Å². The Morgan fingerprint density at radius 1 is 1.07 bits per heavy atom. The third-order valence-corrected chi connectivity index (χ3v) is 3.82. The van der Waals surface area contributed by atoms with Gasteiger partial charge in [0.15, 0.2) is 11.3 Å². The van der Waals surface area contributed by atoms with Crippen LogP contribution in [0.1, 0.15) is 27.2 Å². The van der Waals surface area contributed by atoms with E-state index >= 15 is 0 Å². The predicted molar refractivity (Wildman–Crippen MR) is 80.1 cm³/mol. The van der Waals surface area contributed by atoms with Crippen LogP contribution in [-0.2, 0) is 12.4 Å². The van der Waals surface area contributed by atoms with Gasteiger partial charge in [-0.1, -0.05) is 6.07 Å². The highest BCUT2D eigenvalue weighted by atomic mass is 19.4. The Bertz CT molecular complexity index is 1050. The van der Waals surface area contributed by atoms with Crippen molar-refractivity contribution in [3.8, 4) is 11.3 Å². The number of carboxylic acid groups (broad SMARTS) is 1. The van der Waals surface area contributed by atoms with Crippen LogP contribution >= 0.6 is 0 Å². The molecule has 0 bridgehead atoms. The van der Waals surface area contributed by atoms with E-state index in [2.05, 4.69) is 10.1 Å². The maximum atomic E-state index is 13.3. The van der Waals surface area contributed by atoms with Crippen LogP contribution in [0.3, 0.4) is 0 Å². The lowest BCUT2D eigenvalue weighted by molar-refractivity contribution is -0.142. The maximum absolute atomic E-state index is 13.3. The fourth-order valence-electron chi connectivity index (χ4n) is 2.60. The quantitative estimate of drug-likeness (QED) is 0.658. The molecule has 5 nitrogen and oxygen atoms in total. The molecular formula is C16H9F6N3O2. The van der Waals surface area contributed by atoms with Crippen molar-refractivity contribution in [2.75, 3.05) is 0 Å². The van der Waals surface area contributed by atoms with Gasteiger partial charge in [-0.3, -0.25) is 0 Å². The summed E-state index contributed by atoms with van der Waals surface area (Å²) in [5.41, 5.74) is -3.91. The van der Waals surface area contributed by atoms with Gasteiger partial charge in [-0.05, 0) is 30.7 Å². The number of halogens is 6. The monoisotopic (exact) mass is 389 g/mol. The summed E-state index contributed by atoms with van der Waals surface area (Å²) in [6.07, 6.45) is -8.78. The van der Waals surface area contributed by atoms with Crippen LogP contribution in [0.25, 0.3) is 16.9 Å². The molecule has 0 aliphatic rings. The molecule has 2 aromatic heterocycles. The first kappa shape index (κ1) is 18.7. The molecule has 0 aliphatic carbocycles. The van der Waals surface area contributed by atoms with Gasteiger partial charge in [0.2, 0.25) is 0 Å². The van der Waals surface area contributed by atoms with Crippen molar-refractivity contribution in [1.29, 1.82) is 0 Å². The molecule has 1 N–H and O–H groups in total. The Morgan fingerprint density at radius 2 is 1.74 bits per heavy atom. The van der Waals surface area contributed by atoms with Crippen molar-refractivity contribution in [2.45, 2.75) is 19.3 Å². The smallest absolute Gasteiger partial charge is 0.433 e. The van der Waals surface area contributed by atoms with E-state index in [1.54, 1.807) is 0 Å². The van der Waals surface area contributed by atoms with Gasteiger partial charge < -0.3 is 5.11 Å². The van der Waals surface area contributed by atoms with Crippen LogP contribution in [0.5, 0.6) is 0 Å². The van der Waals surface area contributed by atoms with E-state index < -0.39 is 40.8 Å². The van der Waals surface area contributed by atoms with E-state index in [4.69, 9.17) is 5.11 Å². The largest absolute Gasteiger partial charge is 0.477 e. The first-order valence-electron chi connectivity index (χ1n) is 7.27. The molecule has 11 heteroatoms. The normalized spacial score (nSPS) is 12.6. The number of aromatic nitrogens is 3. The minimum atomic E-state index is -4.89. The van der Waals surface area contributed by atoms with E-state index in [0.29, 0.717) is 10.6 Å².